The van der Waals surface area contributed by atoms with E-state index in [0.717, 1.165) is 29.2 Å². The molecule has 3 aliphatic rings. The normalized spacial score (nSPS) is 22.2. The number of amides is 1. The first-order valence-electron chi connectivity index (χ1n) is 10.1. The third kappa shape index (κ3) is 3.49. The van der Waals surface area contributed by atoms with Gasteiger partial charge in [0, 0.05) is 23.9 Å². The molecule has 0 aliphatic heterocycles. The fraction of sp³-hybridized carbons (Fsp3) is 0.417. The molecule has 0 unspecified atom stereocenters. The van der Waals surface area contributed by atoms with Crippen molar-refractivity contribution in [2.24, 2.45) is 17.3 Å². The molecular formula is C24H28N2O2. The van der Waals surface area contributed by atoms with E-state index in [9.17, 15) is 9.90 Å². The minimum absolute atomic E-state index is 0.00879. The minimum atomic E-state index is -0.0363. The summed E-state index contributed by atoms with van der Waals surface area (Å²) in [5, 5.41) is 12.3. The molecule has 1 heterocycles. The Morgan fingerprint density at radius 1 is 1.25 bits per heavy atom. The van der Waals surface area contributed by atoms with Gasteiger partial charge in [-0.05, 0) is 66.3 Å². The first-order chi connectivity index (χ1) is 13.5. The standard InChI is InChI=1S/C24H28N2O2/c1-24(2)20-8-7-17(21(24)14-20)10-12-26-23(28)19-5-3-18(4-6-19)22-13-16(15-27)9-11-25-22/h3-7,9,11,13,20-21,27H,8,10,12,14-15H2,1-2H3,(H,26,28)/t20-,21-/m0/s1. The van der Waals surface area contributed by atoms with Crippen LogP contribution in [0.4, 0.5) is 0 Å². The van der Waals surface area contributed by atoms with Crippen molar-refractivity contribution < 1.29 is 9.90 Å². The molecule has 0 saturated heterocycles. The fourth-order valence-electron chi connectivity index (χ4n) is 4.70. The van der Waals surface area contributed by atoms with E-state index in [1.165, 1.54) is 18.4 Å². The highest BCUT2D eigenvalue weighted by Crippen LogP contribution is 2.59. The van der Waals surface area contributed by atoms with Crippen LogP contribution in [0, 0.1) is 17.3 Å². The number of aliphatic hydroxyl groups excluding tert-OH is 1. The van der Waals surface area contributed by atoms with Gasteiger partial charge in [0.05, 0.1) is 12.3 Å². The summed E-state index contributed by atoms with van der Waals surface area (Å²) in [5.74, 6) is 1.51. The molecule has 1 aromatic heterocycles. The van der Waals surface area contributed by atoms with Crippen LogP contribution in [-0.2, 0) is 6.61 Å². The molecule has 5 rings (SSSR count). The summed E-state index contributed by atoms with van der Waals surface area (Å²) in [6, 6.07) is 11.1. The SMILES string of the molecule is CC1(C)[C@H]2CC=C(CCNC(=O)c3ccc(-c4cc(CO)ccn4)cc3)[C@@H]1C2. The second-order valence-corrected chi connectivity index (χ2v) is 8.61. The van der Waals surface area contributed by atoms with Gasteiger partial charge in [-0.2, -0.15) is 0 Å². The molecular weight excluding hydrogens is 348 g/mol. The van der Waals surface area contributed by atoms with Crippen LogP contribution in [0.1, 0.15) is 49.0 Å². The summed E-state index contributed by atoms with van der Waals surface area (Å²) in [5.41, 5.74) is 5.17. The van der Waals surface area contributed by atoms with Gasteiger partial charge >= 0.3 is 0 Å². The largest absolute Gasteiger partial charge is 0.392 e. The van der Waals surface area contributed by atoms with E-state index in [4.69, 9.17) is 0 Å². The van der Waals surface area contributed by atoms with Gasteiger partial charge < -0.3 is 10.4 Å². The number of nitrogens with zero attached hydrogens (tertiary/aromatic N) is 1. The Labute approximate surface area is 166 Å². The highest BCUT2D eigenvalue weighted by molar-refractivity contribution is 5.94. The highest BCUT2D eigenvalue weighted by Gasteiger charge is 2.50. The monoisotopic (exact) mass is 376 g/mol. The van der Waals surface area contributed by atoms with Gasteiger partial charge in [-0.25, -0.2) is 0 Å². The maximum Gasteiger partial charge on any atom is 0.251 e. The van der Waals surface area contributed by atoms with Crippen molar-refractivity contribution in [3.8, 4) is 11.3 Å². The van der Waals surface area contributed by atoms with Crippen LogP contribution < -0.4 is 5.32 Å². The Kier molecular flexibility index (Phi) is 5.07. The Balaban J connectivity index is 1.33. The fourth-order valence-corrected chi connectivity index (χ4v) is 4.70. The Morgan fingerprint density at radius 3 is 2.71 bits per heavy atom. The predicted molar refractivity (Wildman–Crippen MR) is 111 cm³/mol. The molecule has 1 aromatic carbocycles. The summed E-state index contributed by atoms with van der Waals surface area (Å²) >= 11 is 0. The van der Waals surface area contributed by atoms with Crippen LogP contribution in [0.5, 0.6) is 0 Å². The molecule has 2 N–H and O–H groups in total. The summed E-state index contributed by atoms with van der Waals surface area (Å²) < 4.78 is 0. The van der Waals surface area contributed by atoms with Gasteiger partial charge in [-0.15, -0.1) is 0 Å². The number of fused-ring (bicyclic) bond motifs is 1. The number of hydrogen-bond acceptors (Lipinski definition) is 3. The zero-order chi connectivity index (χ0) is 19.7. The molecule has 4 nitrogen and oxygen atoms in total. The van der Waals surface area contributed by atoms with E-state index in [1.54, 1.807) is 12.3 Å². The Morgan fingerprint density at radius 2 is 2.04 bits per heavy atom. The first-order valence-corrected chi connectivity index (χ1v) is 10.1. The van der Waals surface area contributed by atoms with Crippen LogP contribution in [0.15, 0.2) is 54.2 Å². The van der Waals surface area contributed by atoms with Crippen LogP contribution in [0.25, 0.3) is 11.3 Å². The number of carbonyl (C=O) groups is 1. The van der Waals surface area contributed by atoms with Gasteiger partial charge in [-0.3, -0.25) is 9.78 Å². The lowest BCUT2D eigenvalue weighted by atomic mass is 9.48. The Hall–Kier alpha value is -2.46. The molecule has 2 atom stereocenters. The number of carbonyl (C=O) groups excluding carboxylic acids is 1. The van der Waals surface area contributed by atoms with Crippen molar-refractivity contribution in [2.45, 2.75) is 39.7 Å². The molecule has 1 saturated carbocycles. The number of benzene rings is 1. The van der Waals surface area contributed by atoms with Crippen molar-refractivity contribution in [3.63, 3.8) is 0 Å². The number of pyridine rings is 1. The summed E-state index contributed by atoms with van der Waals surface area (Å²) in [4.78, 5) is 16.8. The van der Waals surface area contributed by atoms with E-state index in [1.807, 2.05) is 30.3 Å². The summed E-state index contributed by atoms with van der Waals surface area (Å²) in [6.07, 6.45) is 7.55. The van der Waals surface area contributed by atoms with Crippen LogP contribution in [-0.4, -0.2) is 22.5 Å². The molecule has 28 heavy (non-hydrogen) atoms. The zero-order valence-corrected chi connectivity index (χ0v) is 16.6. The third-order valence-electron chi connectivity index (χ3n) is 6.73. The van der Waals surface area contributed by atoms with Crippen molar-refractivity contribution in [2.75, 3.05) is 6.54 Å². The topological polar surface area (TPSA) is 62.2 Å². The summed E-state index contributed by atoms with van der Waals surface area (Å²) in [7, 11) is 0. The molecule has 0 radical (unpaired) electrons. The van der Waals surface area contributed by atoms with Crippen LogP contribution in [0.2, 0.25) is 0 Å². The first kappa shape index (κ1) is 18.9. The highest BCUT2D eigenvalue weighted by atomic mass is 16.3. The number of nitrogens with one attached hydrogen (secondary N) is 1. The van der Waals surface area contributed by atoms with Crippen molar-refractivity contribution in [1.82, 2.24) is 10.3 Å². The molecule has 3 aliphatic carbocycles. The average molecular weight is 377 g/mol. The quantitative estimate of drug-likeness (QED) is 0.737. The molecule has 1 fully saturated rings. The van der Waals surface area contributed by atoms with Gasteiger partial charge in [0.1, 0.15) is 0 Å². The third-order valence-corrected chi connectivity index (χ3v) is 6.73. The van der Waals surface area contributed by atoms with E-state index in [0.29, 0.717) is 23.4 Å². The minimum Gasteiger partial charge on any atom is -0.392 e. The van der Waals surface area contributed by atoms with Crippen molar-refractivity contribution in [3.05, 3.63) is 65.4 Å². The number of allylic oxidation sites excluding steroid dienone is 1. The van der Waals surface area contributed by atoms with Crippen molar-refractivity contribution in [1.29, 1.82) is 0 Å². The number of rotatable bonds is 6. The molecule has 2 bridgehead atoms. The number of aliphatic hydroxyl groups is 1. The van der Waals surface area contributed by atoms with Crippen LogP contribution >= 0.6 is 0 Å². The van der Waals surface area contributed by atoms with Gasteiger partial charge in [0.2, 0.25) is 0 Å². The average Bonchev–Trinajstić information content (AvgIpc) is 2.73. The van der Waals surface area contributed by atoms with Crippen molar-refractivity contribution >= 4 is 5.91 Å². The van der Waals surface area contributed by atoms with Crippen LogP contribution in [0.3, 0.4) is 0 Å². The smallest absolute Gasteiger partial charge is 0.251 e. The lowest BCUT2D eigenvalue weighted by Crippen LogP contribution is -2.48. The second kappa shape index (κ2) is 7.51. The predicted octanol–water partition coefficient (Wildman–Crippen LogP) is 4.35. The zero-order valence-electron chi connectivity index (χ0n) is 16.6. The number of hydrogen-bond donors (Lipinski definition) is 2. The van der Waals surface area contributed by atoms with E-state index >= 15 is 0 Å². The molecule has 2 aromatic rings. The lowest BCUT2D eigenvalue weighted by Gasteiger charge is -2.56. The summed E-state index contributed by atoms with van der Waals surface area (Å²) in [6.45, 7) is 5.43. The Bertz CT molecular complexity index is 899. The molecule has 146 valence electrons. The van der Waals surface area contributed by atoms with E-state index in [-0.39, 0.29) is 12.5 Å². The van der Waals surface area contributed by atoms with Gasteiger partial charge in [0.25, 0.3) is 5.91 Å². The lowest BCUT2D eigenvalue weighted by molar-refractivity contribution is -0.00811. The van der Waals surface area contributed by atoms with E-state index in [2.05, 4.69) is 30.2 Å². The second-order valence-electron chi connectivity index (χ2n) is 8.61. The molecule has 4 heteroatoms. The maximum absolute atomic E-state index is 12.5. The van der Waals surface area contributed by atoms with Gasteiger partial charge in [0.15, 0.2) is 0 Å². The molecule has 1 amide bonds. The maximum atomic E-state index is 12.5. The molecule has 0 spiro atoms. The number of aromatic nitrogens is 1. The van der Waals surface area contributed by atoms with E-state index < -0.39 is 0 Å². The van der Waals surface area contributed by atoms with Gasteiger partial charge in [-0.1, -0.05) is 37.6 Å².